The average molecular weight is 612 g/mol. The number of rotatable bonds is 4. The molecule has 3 heteroatoms. The predicted octanol–water partition coefficient (Wildman–Crippen LogP) is 11.8. The van der Waals surface area contributed by atoms with Gasteiger partial charge in [-0.2, -0.15) is 0 Å². The van der Waals surface area contributed by atoms with E-state index in [0.29, 0.717) is 0 Å². The zero-order valence-electron chi connectivity index (χ0n) is 26.1. The van der Waals surface area contributed by atoms with Crippen LogP contribution in [0.5, 0.6) is 0 Å². The third-order valence-corrected chi connectivity index (χ3v) is 9.68. The van der Waals surface area contributed by atoms with Gasteiger partial charge in [-0.1, -0.05) is 127 Å². The monoisotopic (exact) mass is 611 g/mol. The standard InChI is InChI=1S/C45H29N3/c1-4-14-30(15-5-1)33-26-39(32-17-6-2-7-18-32)46-44(27-33)48-41-25-24-31-16-10-11-21-35(31)45(41)38-28-37-36-22-12-13-23-40(36)47(42(37)29-43(38)48)34-19-8-3-9-20-34/h1-29H. The molecule has 48 heavy (non-hydrogen) atoms. The Morgan fingerprint density at radius 1 is 0.354 bits per heavy atom. The van der Waals surface area contributed by atoms with Gasteiger partial charge in [0.05, 0.1) is 27.8 Å². The van der Waals surface area contributed by atoms with Crippen LogP contribution in [0.2, 0.25) is 0 Å². The molecule has 0 aliphatic heterocycles. The third-order valence-electron chi connectivity index (χ3n) is 9.68. The molecule has 0 saturated heterocycles. The summed E-state index contributed by atoms with van der Waals surface area (Å²) in [5, 5.41) is 7.42. The van der Waals surface area contributed by atoms with Crippen molar-refractivity contribution < 1.29 is 0 Å². The number of hydrogen-bond donors (Lipinski definition) is 0. The summed E-state index contributed by atoms with van der Waals surface area (Å²) in [6.45, 7) is 0. The number of hydrogen-bond acceptors (Lipinski definition) is 1. The molecule has 0 amide bonds. The first-order valence-corrected chi connectivity index (χ1v) is 16.4. The van der Waals surface area contributed by atoms with Gasteiger partial charge in [0, 0.05) is 32.8 Å². The lowest BCUT2D eigenvalue weighted by Crippen LogP contribution is -2.00. The molecule has 0 spiro atoms. The van der Waals surface area contributed by atoms with Crippen molar-refractivity contribution in [1.82, 2.24) is 14.1 Å². The van der Waals surface area contributed by atoms with Crippen LogP contribution < -0.4 is 0 Å². The second kappa shape index (κ2) is 10.5. The van der Waals surface area contributed by atoms with Gasteiger partial charge in [-0.05, 0) is 70.4 Å². The van der Waals surface area contributed by atoms with Crippen LogP contribution in [0.3, 0.4) is 0 Å². The maximum absolute atomic E-state index is 5.41. The zero-order chi connectivity index (χ0) is 31.6. The molecule has 10 aromatic rings. The van der Waals surface area contributed by atoms with Crippen LogP contribution in [0.1, 0.15) is 0 Å². The Kier molecular flexibility index (Phi) is 5.87. The van der Waals surface area contributed by atoms with E-state index in [1.807, 2.05) is 0 Å². The lowest BCUT2D eigenvalue weighted by atomic mass is 10.0. The normalized spacial score (nSPS) is 11.8. The summed E-state index contributed by atoms with van der Waals surface area (Å²) in [5.41, 5.74) is 10.1. The fourth-order valence-corrected chi connectivity index (χ4v) is 7.54. The van der Waals surface area contributed by atoms with Crippen LogP contribution in [-0.2, 0) is 0 Å². The molecule has 224 valence electrons. The molecule has 0 aliphatic rings. The molecule has 0 unspecified atom stereocenters. The van der Waals surface area contributed by atoms with Gasteiger partial charge in [-0.15, -0.1) is 0 Å². The number of fused-ring (bicyclic) bond motifs is 8. The van der Waals surface area contributed by atoms with Crippen LogP contribution in [0.25, 0.3) is 88.3 Å². The summed E-state index contributed by atoms with van der Waals surface area (Å²) in [6.07, 6.45) is 0. The van der Waals surface area contributed by atoms with Crippen LogP contribution in [0.4, 0.5) is 0 Å². The molecule has 0 aliphatic carbocycles. The summed E-state index contributed by atoms with van der Waals surface area (Å²) in [7, 11) is 0. The molecule has 0 radical (unpaired) electrons. The fraction of sp³-hybridized carbons (Fsp3) is 0. The second-order valence-electron chi connectivity index (χ2n) is 12.4. The van der Waals surface area contributed by atoms with E-state index in [0.717, 1.165) is 44.9 Å². The third kappa shape index (κ3) is 4.04. The highest BCUT2D eigenvalue weighted by molar-refractivity contribution is 6.25. The summed E-state index contributed by atoms with van der Waals surface area (Å²) < 4.78 is 4.77. The molecular weight excluding hydrogens is 583 g/mol. The lowest BCUT2D eigenvalue weighted by molar-refractivity contribution is 1.08. The Hall–Kier alpha value is -6.45. The SMILES string of the molecule is c1ccc(-c2cc(-c3ccccc3)nc(-n3c4cc5c(cc4c4c6ccccc6ccc43)c3ccccc3n5-c3ccccc3)c2)cc1. The van der Waals surface area contributed by atoms with Crippen molar-refractivity contribution in [3.8, 4) is 33.9 Å². The van der Waals surface area contributed by atoms with Crippen molar-refractivity contribution in [3.05, 3.63) is 176 Å². The van der Waals surface area contributed by atoms with E-state index in [9.17, 15) is 0 Å². The molecule has 3 heterocycles. The largest absolute Gasteiger partial charge is 0.309 e. The Labute approximate surface area is 277 Å². The first kappa shape index (κ1) is 26.7. The Bertz CT molecular complexity index is 2750. The Morgan fingerprint density at radius 3 is 1.79 bits per heavy atom. The summed E-state index contributed by atoms with van der Waals surface area (Å²) in [6, 6.07) is 63.0. The van der Waals surface area contributed by atoms with Crippen molar-refractivity contribution >= 4 is 54.4 Å². The average Bonchev–Trinajstić information content (AvgIpc) is 3.67. The van der Waals surface area contributed by atoms with E-state index >= 15 is 0 Å². The van der Waals surface area contributed by atoms with Gasteiger partial charge in [0.2, 0.25) is 0 Å². The number of nitrogens with zero attached hydrogens (tertiary/aromatic N) is 3. The summed E-state index contributed by atoms with van der Waals surface area (Å²) in [5.74, 6) is 0.896. The summed E-state index contributed by atoms with van der Waals surface area (Å²) >= 11 is 0. The fourth-order valence-electron chi connectivity index (χ4n) is 7.54. The van der Waals surface area contributed by atoms with E-state index in [1.165, 1.54) is 43.4 Å². The van der Waals surface area contributed by atoms with E-state index in [2.05, 4.69) is 185 Å². The Balaban J connectivity index is 1.38. The minimum absolute atomic E-state index is 0.896. The molecule has 7 aromatic carbocycles. The first-order chi connectivity index (χ1) is 23.8. The number of aromatic nitrogens is 3. The van der Waals surface area contributed by atoms with E-state index < -0.39 is 0 Å². The topological polar surface area (TPSA) is 22.8 Å². The van der Waals surface area contributed by atoms with Crippen molar-refractivity contribution in [1.29, 1.82) is 0 Å². The van der Waals surface area contributed by atoms with Crippen LogP contribution in [0.15, 0.2) is 176 Å². The molecular formula is C45H29N3. The molecule has 3 aromatic heterocycles. The quantitative estimate of drug-likeness (QED) is 0.194. The van der Waals surface area contributed by atoms with Crippen LogP contribution >= 0.6 is 0 Å². The van der Waals surface area contributed by atoms with Crippen LogP contribution in [-0.4, -0.2) is 14.1 Å². The van der Waals surface area contributed by atoms with Gasteiger partial charge in [-0.25, -0.2) is 4.98 Å². The molecule has 0 bridgehead atoms. The van der Waals surface area contributed by atoms with Crippen molar-refractivity contribution in [2.24, 2.45) is 0 Å². The Morgan fingerprint density at radius 2 is 1.00 bits per heavy atom. The van der Waals surface area contributed by atoms with Crippen LogP contribution in [0, 0.1) is 0 Å². The highest BCUT2D eigenvalue weighted by atomic mass is 15.1. The number of benzene rings is 7. The second-order valence-corrected chi connectivity index (χ2v) is 12.4. The zero-order valence-corrected chi connectivity index (χ0v) is 26.1. The predicted molar refractivity (Wildman–Crippen MR) is 201 cm³/mol. The molecule has 3 nitrogen and oxygen atoms in total. The molecule has 0 saturated carbocycles. The first-order valence-electron chi connectivity index (χ1n) is 16.4. The minimum atomic E-state index is 0.896. The van der Waals surface area contributed by atoms with E-state index in [-0.39, 0.29) is 0 Å². The van der Waals surface area contributed by atoms with Crippen molar-refractivity contribution in [2.75, 3.05) is 0 Å². The maximum Gasteiger partial charge on any atom is 0.138 e. The van der Waals surface area contributed by atoms with Crippen molar-refractivity contribution in [2.45, 2.75) is 0 Å². The van der Waals surface area contributed by atoms with Gasteiger partial charge >= 0.3 is 0 Å². The van der Waals surface area contributed by atoms with Gasteiger partial charge in [0.1, 0.15) is 5.82 Å². The molecule has 0 N–H and O–H groups in total. The summed E-state index contributed by atoms with van der Waals surface area (Å²) in [4.78, 5) is 5.41. The van der Waals surface area contributed by atoms with Gasteiger partial charge < -0.3 is 4.57 Å². The molecule has 10 rings (SSSR count). The number of para-hydroxylation sites is 2. The highest BCUT2D eigenvalue weighted by Crippen LogP contribution is 2.42. The van der Waals surface area contributed by atoms with Gasteiger partial charge in [0.15, 0.2) is 0 Å². The van der Waals surface area contributed by atoms with Gasteiger partial charge in [0.25, 0.3) is 0 Å². The minimum Gasteiger partial charge on any atom is -0.309 e. The highest BCUT2D eigenvalue weighted by Gasteiger charge is 2.21. The maximum atomic E-state index is 5.41. The van der Waals surface area contributed by atoms with Crippen molar-refractivity contribution in [3.63, 3.8) is 0 Å². The smallest absolute Gasteiger partial charge is 0.138 e. The molecule has 0 fully saturated rings. The van der Waals surface area contributed by atoms with Gasteiger partial charge in [-0.3, -0.25) is 4.57 Å². The number of pyridine rings is 1. The lowest BCUT2D eigenvalue weighted by Gasteiger charge is -2.13. The molecule has 0 atom stereocenters. The van der Waals surface area contributed by atoms with E-state index in [4.69, 9.17) is 4.98 Å². The van der Waals surface area contributed by atoms with E-state index in [1.54, 1.807) is 0 Å².